The van der Waals surface area contributed by atoms with Crippen LogP contribution in [0.5, 0.6) is 5.75 Å². The predicted octanol–water partition coefficient (Wildman–Crippen LogP) is 6.02. The summed E-state index contributed by atoms with van der Waals surface area (Å²) >= 11 is 0. The first-order valence-corrected chi connectivity index (χ1v) is 9.25. The van der Waals surface area contributed by atoms with Gasteiger partial charge in [0.25, 0.3) is 5.91 Å². The minimum absolute atomic E-state index is 0.0422. The van der Waals surface area contributed by atoms with Crippen molar-refractivity contribution >= 4 is 22.6 Å². The Hall–Kier alpha value is -3.96. The quantitative estimate of drug-likeness (QED) is 0.350. The van der Waals surface area contributed by atoms with E-state index in [0.717, 1.165) is 6.07 Å². The van der Waals surface area contributed by atoms with Crippen molar-refractivity contribution in [2.45, 2.75) is 19.0 Å². The number of halogens is 6. The van der Waals surface area contributed by atoms with Crippen LogP contribution in [0.1, 0.15) is 27.2 Å². The van der Waals surface area contributed by atoms with Crippen LogP contribution in [0, 0.1) is 0 Å². The Bertz CT molecular complexity index is 1290. The van der Waals surface area contributed by atoms with E-state index in [-0.39, 0.29) is 23.4 Å². The number of carbonyl (C=O) groups excluding carboxylic acids is 1. The fourth-order valence-electron chi connectivity index (χ4n) is 3.06. The predicted molar refractivity (Wildman–Crippen MR) is 104 cm³/mol. The number of benzene rings is 2. The number of aromatic amines is 1. The molecule has 0 aliphatic rings. The zero-order valence-electron chi connectivity index (χ0n) is 16.3. The molecule has 0 aliphatic heterocycles. The largest absolute Gasteiger partial charge is 0.489 e. The zero-order valence-corrected chi connectivity index (χ0v) is 16.3. The summed E-state index contributed by atoms with van der Waals surface area (Å²) in [6, 6.07) is 8.72. The van der Waals surface area contributed by atoms with Gasteiger partial charge >= 0.3 is 12.4 Å². The van der Waals surface area contributed by atoms with Crippen molar-refractivity contribution in [3.05, 3.63) is 77.2 Å². The number of nitrogens with zero attached hydrogens (tertiary/aromatic N) is 1. The molecular weight excluding hydrogens is 456 g/mol. The number of fused-ring (bicyclic) bond motifs is 1. The van der Waals surface area contributed by atoms with E-state index >= 15 is 0 Å². The first-order valence-electron chi connectivity index (χ1n) is 9.25. The standard InChI is InChI=1S/C21H13F6N3O3/c22-20(23,24)12-4-3-11(15(8-12)21(25,26)27)10-33-13-5-6-16-14(9-13)18(30-29-16)28-19(31)17-2-1-7-32-17/h1-9H,10H2,(H2,28,29,30,31). The molecule has 0 atom stereocenters. The van der Waals surface area contributed by atoms with Crippen LogP contribution in [0.25, 0.3) is 10.9 Å². The molecule has 0 bridgehead atoms. The van der Waals surface area contributed by atoms with Crippen molar-refractivity contribution < 1.29 is 40.3 Å². The topological polar surface area (TPSA) is 80.2 Å². The first-order chi connectivity index (χ1) is 15.5. The van der Waals surface area contributed by atoms with Gasteiger partial charge in [-0.2, -0.15) is 31.4 Å². The van der Waals surface area contributed by atoms with E-state index in [2.05, 4.69) is 15.5 Å². The Morgan fingerprint density at radius 1 is 1.03 bits per heavy atom. The van der Waals surface area contributed by atoms with E-state index < -0.39 is 41.6 Å². The van der Waals surface area contributed by atoms with E-state index in [1.807, 2.05) is 0 Å². The van der Waals surface area contributed by atoms with E-state index in [1.54, 1.807) is 0 Å². The third kappa shape index (κ3) is 4.78. The highest BCUT2D eigenvalue weighted by Gasteiger charge is 2.38. The number of carbonyl (C=O) groups is 1. The number of ether oxygens (including phenoxy) is 1. The van der Waals surface area contributed by atoms with Crippen molar-refractivity contribution in [2.75, 3.05) is 5.32 Å². The summed E-state index contributed by atoms with van der Waals surface area (Å²) in [4.78, 5) is 12.2. The van der Waals surface area contributed by atoms with Gasteiger partial charge in [-0.05, 0) is 42.5 Å². The Balaban J connectivity index is 1.57. The lowest BCUT2D eigenvalue weighted by Crippen LogP contribution is -2.14. The van der Waals surface area contributed by atoms with E-state index in [9.17, 15) is 31.1 Å². The smallest absolute Gasteiger partial charge is 0.416 e. The Morgan fingerprint density at radius 3 is 2.48 bits per heavy atom. The second-order valence-corrected chi connectivity index (χ2v) is 6.87. The second-order valence-electron chi connectivity index (χ2n) is 6.87. The molecule has 2 heterocycles. The Morgan fingerprint density at radius 2 is 1.82 bits per heavy atom. The summed E-state index contributed by atoms with van der Waals surface area (Å²) in [6.07, 6.45) is -8.60. The molecule has 2 aromatic heterocycles. The van der Waals surface area contributed by atoms with Crippen LogP contribution in [-0.4, -0.2) is 16.1 Å². The molecule has 0 unspecified atom stereocenters. The highest BCUT2D eigenvalue weighted by Crippen LogP contribution is 2.38. The van der Waals surface area contributed by atoms with Gasteiger partial charge in [-0.25, -0.2) is 0 Å². The third-order valence-electron chi connectivity index (χ3n) is 4.65. The van der Waals surface area contributed by atoms with Crippen LogP contribution in [0.3, 0.4) is 0 Å². The number of amides is 1. The number of hydrogen-bond acceptors (Lipinski definition) is 4. The van der Waals surface area contributed by atoms with Crippen LogP contribution < -0.4 is 10.1 Å². The first kappa shape index (κ1) is 22.2. The molecular formula is C21H13F6N3O3. The molecule has 6 nitrogen and oxygen atoms in total. The average Bonchev–Trinajstić information content (AvgIpc) is 3.41. The number of rotatable bonds is 5. The molecule has 4 rings (SSSR count). The maximum absolute atomic E-state index is 13.3. The molecule has 0 radical (unpaired) electrons. The van der Waals surface area contributed by atoms with Gasteiger partial charge in [-0.3, -0.25) is 9.89 Å². The summed E-state index contributed by atoms with van der Waals surface area (Å²) in [7, 11) is 0. The normalized spacial score (nSPS) is 12.2. The second kappa shape index (κ2) is 8.19. The lowest BCUT2D eigenvalue weighted by molar-refractivity contribution is -0.143. The molecule has 1 amide bonds. The number of H-pyrrole nitrogens is 1. The lowest BCUT2D eigenvalue weighted by Gasteiger charge is -2.16. The van der Waals surface area contributed by atoms with Gasteiger partial charge in [-0.15, -0.1) is 0 Å². The minimum atomic E-state index is -5.00. The number of alkyl halides is 6. The fourth-order valence-corrected chi connectivity index (χ4v) is 3.06. The van der Waals surface area contributed by atoms with Crippen molar-refractivity contribution in [2.24, 2.45) is 0 Å². The van der Waals surface area contributed by atoms with Gasteiger partial charge in [0.1, 0.15) is 12.4 Å². The lowest BCUT2D eigenvalue weighted by atomic mass is 10.0. The maximum Gasteiger partial charge on any atom is 0.416 e. The SMILES string of the molecule is O=C(Nc1n[nH]c2ccc(OCc3ccc(C(F)(F)F)cc3C(F)(F)F)cc12)c1ccco1. The molecule has 4 aromatic rings. The minimum Gasteiger partial charge on any atom is -0.489 e. The van der Waals surface area contributed by atoms with Gasteiger partial charge in [0.05, 0.1) is 22.9 Å². The highest BCUT2D eigenvalue weighted by molar-refractivity contribution is 6.06. The van der Waals surface area contributed by atoms with Crippen molar-refractivity contribution in [1.29, 1.82) is 0 Å². The molecule has 172 valence electrons. The van der Waals surface area contributed by atoms with Crippen LogP contribution in [0.15, 0.2) is 59.2 Å². The van der Waals surface area contributed by atoms with Crippen LogP contribution in [0.2, 0.25) is 0 Å². The van der Waals surface area contributed by atoms with Crippen molar-refractivity contribution in [3.63, 3.8) is 0 Å². The number of furan rings is 1. The van der Waals surface area contributed by atoms with Crippen molar-refractivity contribution in [3.8, 4) is 5.75 Å². The average molecular weight is 469 g/mol. The maximum atomic E-state index is 13.3. The van der Waals surface area contributed by atoms with Crippen LogP contribution in [0.4, 0.5) is 32.2 Å². The summed E-state index contributed by atoms with van der Waals surface area (Å²) in [5, 5.41) is 9.59. The number of nitrogens with one attached hydrogen (secondary N) is 2. The highest BCUT2D eigenvalue weighted by atomic mass is 19.4. The molecule has 0 saturated heterocycles. The zero-order chi connectivity index (χ0) is 23.8. The van der Waals surface area contributed by atoms with Gasteiger partial charge in [-0.1, -0.05) is 6.07 Å². The summed E-state index contributed by atoms with van der Waals surface area (Å²) in [5.41, 5.74) is -2.81. The summed E-state index contributed by atoms with van der Waals surface area (Å²) in [6.45, 7) is -0.634. The summed E-state index contributed by atoms with van der Waals surface area (Å²) in [5.74, 6) is -0.285. The molecule has 2 aromatic carbocycles. The Kier molecular flexibility index (Phi) is 5.52. The van der Waals surface area contributed by atoms with Crippen LogP contribution >= 0.6 is 0 Å². The monoisotopic (exact) mass is 469 g/mol. The number of aromatic nitrogens is 2. The molecule has 33 heavy (non-hydrogen) atoms. The van der Waals surface area contributed by atoms with Gasteiger partial charge in [0.15, 0.2) is 11.6 Å². The molecule has 0 saturated carbocycles. The number of anilines is 1. The van der Waals surface area contributed by atoms with E-state index in [1.165, 1.54) is 36.6 Å². The summed E-state index contributed by atoms with van der Waals surface area (Å²) < 4.78 is 88.9. The van der Waals surface area contributed by atoms with E-state index in [4.69, 9.17) is 9.15 Å². The molecule has 0 spiro atoms. The molecule has 0 aliphatic carbocycles. The molecule has 12 heteroatoms. The van der Waals surface area contributed by atoms with Gasteiger partial charge < -0.3 is 14.5 Å². The fraction of sp³-hybridized carbons (Fsp3) is 0.143. The van der Waals surface area contributed by atoms with Crippen molar-refractivity contribution in [1.82, 2.24) is 10.2 Å². The Labute approximate surface area is 181 Å². The van der Waals surface area contributed by atoms with Crippen LogP contribution in [-0.2, 0) is 19.0 Å². The molecule has 2 N–H and O–H groups in total. The third-order valence-corrected chi connectivity index (χ3v) is 4.65. The van der Waals surface area contributed by atoms with Gasteiger partial charge in [0.2, 0.25) is 0 Å². The number of hydrogen-bond donors (Lipinski definition) is 2. The molecule has 0 fully saturated rings. The van der Waals surface area contributed by atoms with E-state index in [0.29, 0.717) is 17.0 Å². The van der Waals surface area contributed by atoms with Gasteiger partial charge in [0, 0.05) is 10.9 Å².